The fraction of sp³-hybridized carbons (Fsp3) is 0.978. The van der Waals surface area contributed by atoms with Gasteiger partial charge in [-0.05, 0) is 12.8 Å². The molecule has 0 aromatic carbocycles. The first-order valence-corrected chi connectivity index (χ1v) is 22.7. The van der Waals surface area contributed by atoms with E-state index in [0.29, 0.717) is 0 Å². The Kier molecular flexibility index (Phi) is 43.4. The minimum atomic E-state index is 0.209. The highest BCUT2D eigenvalue weighted by Gasteiger charge is 2.08. The molecular formula is C46H91O. The summed E-state index contributed by atoms with van der Waals surface area (Å²) in [6.45, 7) is 4.61. The van der Waals surface area contributed by atoms with Gasteiger partial charge in [0.1, 0.15) is 0 Å². The Balaban J connectivity index is 3.24. The molecule has 0 amide bonds. The normalized spacial score (nSPS) is 12.2. The highest BCUT2D eigenvalue weighted by Crippen LogP contribution is 2.20. The predicted octanol–water partition coefficient (Wildman–Crippen LogP) is 17.1. The zero-order valence-electron chi connectivity index (χ0n) is 33.2. The average molecular weight is 660 g/mol. The van der Waals surface area contributed by atoms with Crippen LogP contribution in [0.25, 0.3) is 0 Å². The van der Waals surface area contributed by atoms with Crippen molar-refractivity contribution in [2.45, 2.75) is 284 Å². The molecule has 47 heavy (non-hydrogen) atoms. The Morgan fingerprint density at radius 2 is 0.404 bits per heavy atom. The zero-order chi connectivity index (χ0) is 34.0. The summed E-state index contributed by atoms with van der Waals surface area (Å²) in [6.07, 6.45) is 61.6. The number of hydrogen-bond acceptors (Lipinski definition) is 1. The van der Waals surface area contributed by atoms with Crippen LogP contribution in [0, 0.1) is 5.92 Å². The van der Waals surface area contributed by atoms with Crippen LogP contribution in [0.3, 0.4) is 0 Å². The molecule has 0 fully saturated rings. The molecule has 0 rings (SSSR count). The van der Waals surface area contributed by atoms with Crippen molar-refractivity contribution in [2.24, 2.45) is 5.92 Å². The minimum absolute atomic E-state index is 0.209. The Labute approximate surface area is 299 Å². The van der Waals surface area contributed by atoms with Gasteiger partial charge in [0.05, 0.1) is 0 Å². The molecule has 0 N–H and O–H groups in total. The van der Waals surface area contributed by atoms with Crippen LogP contribution in [0.4, 0.5) is 0 Å². The third-order valence-corrected chi connectivity index (χ3v) is 11.0. The summed E-state index contributed by atoms with van der Waals surface area (Å²) in [7, 11) is 0. The van der Waals surface area contributed by atoms with Crippen molar-refractivity contribution in [2.75, 3.05) is 0 Å². The van der Waals surface area contributed by atoms with E-state index < -0.39 is 0 Å². The lowest BCUT2D eigenvalue weighted by molar-refractivity contribution is 0.448. The molecule has 0 bridgehead atoms. The van der Waals surface area contributed by atoms with Crippen LogP contribution in [-0.4, -0.2) is 6.29 Å². The third-order valence-electron chi connectivity index (χ3n) is 11.0. The van der Waals surface area contributed by atoms with Crippen molar-refractivity contribution >= 4 is 6.29 Å². The van der Waals surface area contributed by atoms with E-state index in [-0.39, 0.29) is 5.92 Å². The van der Waals surface area contributed by atoms with E-state index >= 15 is 0 Å². The fourth-order valence-corrected chi connectivity index (χ4v) is 7.55. The molecule has 1 unspecified atom stereocenters. The lowest BCUT2D eigenvalue weighted by Gasteiger charge is -2.09. The molecule has 0 saturated carbocycles. The minimum Gasteiger partial charge on any atom is -0.291 e. The fourth-order valence-electron chi connectivity index (χ4n) is 7.55. The number of unbranched alkanes of at least 4 members (excludes halogenated alkanes) is 38. The van der Waals surface area contributed by atoms with Gasteiger partial charge in [0, 0.05) is 5.92 Å². The molecular weight excluding hydrogens is 569 g/mol. The number of hydrogen-bond donors (Lipinski definition) is 0. The van der Waals surface area contributed by atoms with Gasteiger partial charge < -0.3 is 0 Å². The average Bonchev–Trinajstić information content (AvgIpc) is 3.09. The SMILES string of the molecule is CCCCCCCCCCCCCCCCCCCCCCCC([C]=O)CCCCCCCCCCCCCCCCCCCCC. The second-order valence-electron chi connectivity index (χ2n) is 15.8. The van der Waals surface area contributed by atoms with E-state index in [1.165, 1.54) is 257 Å². The molecule has 0 aliphatic carbocycles. The summed E-state index contributed by atoms with van der Waals surface area (Å²) in [5.74, 6) is 0.209. The predicted molar refractivity (Wildman–Crippen MR) is 214 cm³/mol. The molecule has 0 aromatic rings. The van der Waals surface area contributed by atoms with E-state index in [9.17, 15) is 4.79 Å². The van der Waals surface area contributed by atoms with E-state index in [4.69, 9.17) is 0 Å². The van der Waals surface area contributed by atoms with Crippen molar-refractivity contribution in [3.05, 3.63) is 0 Å². The monoisotopic (exact) mass is 660 g/mol. The molecule has 0 spiro atoms. The van der Waals surface area contributed by atoms with Gasteiger partial charge in [-0.3, -0.25) is 4.79 Å². The molecule has 0 saturated heterocycles. The van der Waals surface area contributed by atoms with Crippen LogP contribution in [0.2, 0.25) is 0 Å². The van der Waals surface area contributed by atoms with Crippen LogP contribution in [0.5, 0.6) is 0 Å². The Bertz CT molecular complexity index is 541. The Hall–Kier alpha value is -0.330. The smallest absolute Gasteiger partial charge is 0.201 e. The molecule has 1 heteroatoms. The summed E-state index contributed by atoms with van der Waals surface area (Å²) in [5, 5.41) is 0. The van der Waals surface area contributed by atoms with Crippen molar-refractivity contribution in [1.82, 2.24) is 0 Å². The highest BCUT2D eigenvalue weighted by molar-refractivity contribution is 5.54. The van der Waals surface area contributed by atoms with Crippen LogP contribution >= 0.6 is 0 Å². The van der Waals surface area contributed by atoms with Crippen molar-refractivity contribution in [3.8, 4) is 0 Å². The quantitative estimate of drug-likeness (QED) is 0.0595. The second kappa shape index (κ2) is 43.7. The molecule has 0 heterocycles. The van der Waals surface area contributed by atoms with Gasteiger partial charge in [-0.25, -0.2) is 0 Å². The number of rotatable bonds is 43. The standard InChI is InChI=1S/C46H91O/c1-3-5-7-9-11-13-15-17-19-21-23-24-26-28-30-32-34-36-38-40-42-44-46(45-47)43-41-39-37-35-33-31-29-27-25-22-20-18-16-14-12-10-8-6-4-2/h46H,3-44H2,1-2H3. The van der Waals surface area contributed by atoms with E-state index in [2.05, 4.69) is 20.1 Å². The molecule has 0 aromatic heterocycles. The molecule has 0 aliphatic heterocycles. The Morgan fingerprint density at radius 1 is 0.255 bits per heavy atom. The summed E-state index contributed by atoms with van der Waals surface area (Å²) in [6, 6.07) is 0. The highest BCUT2D eigenvalue weighted by atomic mass is 16.1. The van der Waals surface area contributed by atoms with Gasteiger partial charge in [0.15, 0.2) is 0 Å². The molecule has 281 valence electrons. The van der Waals surface area contributed by atoms with Gasteiger partial charge in [0.25, 0.3) is 0 Å². The van der Waals surface area contributed by atoms with Gasteiger partial charge in [-0.15, -0.1) is 0 Å². The van der Waals surface area contributed by atoms with Gasteiger partial charge in [-0.2, -0.15) is 0 Å². The van der Waals surface area contributed by atoms with Crippen LogP contribution in [0.15, 0.2) is 0 Å². The number of carbonyl (C=O) groups excluding carboxylic acids is 1. The van der Waals surface area contributed by atoms with Crippen molar-refractivity contribution < 1.29 is 4.79 Å². The molecule has 1 nitrogen and oxygen atoms in total. The van der Waals surface area contributed by atoms with Crippen LogP contribution < -0.4 is 0 Å². The molecule has 1 radical (unpaired) electrons. The van der Waals surface area contributed by atoms with Crippen LogP contribution in [-0.2, 0) is 4.79 Å². The van der Waals surface area contributed by atoms with Crippen molar-refractivity contribution in [3.63, 3.8) is 0 Å². The van der Waals surface area contributed by atoms with E-state index in [0.717, 1.165) is 12.8 Å². The largest absolute Gasteiger partial charge is 0.291 e. The summed E-state index contributed by atoms with van der Waals surface area (Å²) < 4.78 is 0. The second-order valence-corrected chi connectivity index (χ2v) is 15.8. The van der Waals surface area contributed by atoms with Crippen molar-refractivity contribution in [1.29, 1.82) is 0 Å². The summed E-state index contributed by atoms with van der Waals surface area (Å²) in [5.41, 5.74) is 0. The first kappa shape index (κ1) is 46.7. The maximum atomic E-state index is 11.4. The van der Waals surface area contributed by atoms with E-state index in [1.807, 2.05) is 0 Å². The Morgan fingerprint density at radius 3 is 0.553 bits per heavy atom. The summed E-state index contributed by atoms with van der Waals surface area (Å²) in [4.78, 5) is 11.4. The maximum absolute atomic E-state index is 11.4. The van der Waals surface area contributed by atoms with Gasteiger partial charge in [-0.1, -0.05) is 271 Å². The van der Waals surface area contributed by atoms with Gasteiger partial charge >= 0.3 is 0 Å². The third kappa shape index (κ3) is 41.8. The first-order chi connectivity index (χ1) is 23.3. The maximum Gasteiger partial charge on any atom is 0.201 e. The zero-order valence-corrected chi connectivity index (χ0v) is 33.2. The van der Waals surface area contributed by atoms with E-state index in [1.54, 1.807) is 0 Å². The lowest BCUT2D eigenvalue weighted by Crippen LogP contribution is -2.02. The van der Waals surface area contributed by atoms with Gasteiger partial charge in [0.2, 0.25) is 6.29 Å². The first-order valence-electron chi connectivity index (χ1n) is 22.7. The van der Waals surface area contributed by atoms with Crippen LogP contribution in [0.1, 0.15) is 284 Å². The lowest BCUT2D eigenvalue weighted by atomic mass is 9.95. The molecule has 1 atom stereocenters. The molecule has 0 aliphatic rings. The summed E-state index contributed by atoms with van der Waals surface area (Å²) >= 11 is 0. The topological polar surface area (TPSA) is 17.1 Å².